The van der Waals surface area contributed by atoms with Crippen molar-refractivity contribution >= 4 is 5.78 Å². The standard InChI is InChI=1S/C28H36O2/c1-17-9-10-25(3)11-13-27(5)22-8-7-19-18(2)24(30)21(29)16-20(19)26(22,4)12-14-28(27,6)23(25)15-17/h7-8,16,23,30H,1,9-15H2,2-6H3/t23?,25-,26+,27-,28+/m1/s1. The number of fused-ring (bicyclic) bond motifs is 7. The molecule has 30 heavy (non-hydrogen) atoms. The molecule has 2 heteroatoms. The van der Waals surface area contributed by atoms with Gasteiger partial charge in [0.25, 0.3) is 0 Å². The predicted molar refractivity (Wildman–Crippen MR) is 122 cm³/mol. The SMILES string of the molecule is C=C1CC[C@]2(C)CC[C@]3(C)C4=CC=C5C(=CC(=O)C(O)=C5C)[C@]4(C)CC[C@@]3(C)C2C1. The molecule has 0 aromatic heterocycles. The van der Waals surface area contributed by atoms with Crippen LogP contribution in [0.4, 0.5) is 0 Å². The highest BCUT2D eigenvalue weighted by Crippen LogP contribution is 2.74. The fourth-order valence-electron chi connectivity index (χ4n) is 8.20. The third kappa shape index (κ3) is 2.23. The molecule has 5 atom stereocenters. The Kier molecular flexibility index (Phi) is 3.95. The smallest absolute Gasteiger partial charge is 0.220 e. The fourth-order valence-corrected chi connectivity index (χ4v) is 8.20. The molecule has 5 aliphatic rings. The summed E-state index contributed by atoms with van der Waals surface area (Å²) in [5, 5.41) is 10.2. The summed E-state index contributed by atoms with van der Waals surface area (Å²) in [6.07, 6.45) is 14.6. The van der Waals surface area contributed by atoms with Gasteiger partial charge in [0, 0.05) is 11.0 Å². The number of aliphatic hydroxyl groups excluding tert-OH is 1. The monoisotopic (exact) mass is 404 g/mol. The predicted octanol–water partition coefficient (Wildman–Crippen LogP) is 7.16. The van der Waals surface area contributed by atoms with Gasteiger partial charge in [-0.15, -0.1) is 0 Å². The molecule has 0 spiro atoms. The average Bonchev–Trinajstić information content (AvgIpc) is 2.70. The van der Waals surface area contributed by atoms with E-state index >= 15 is 0 Å². The lowest BCUT2D eigenvalue weighted by molar-refractivity contribution is -0.133. The summed E-state index contributed by atoms with van der Waals surface area (Å²) in [7, 11) is 0. The van der Waals surface area contributed by atoms with Gasteiger partial charge in [-0.3, -0.25) is 4.79 Å². The van der Waals surface area contributed by atoms with Gasteiger partial charge in [0.05, 0.1) is 0 Å². The second-order valence-corrected chi connectivity index (χ2v) is 11.8. The van der Waals surface area contributed by atoms with Crippen LogP contribution in [0.2, 0.25) is 0 Å². The van der Waals surface area contributed by atoms with Gasteiger partial charge in [0.2, 0.25) is 5.78 Å². The molecule has 0 aliphatic heterocycles. The maximum absolute atomic E-state index is 12.5. The Morgan fingerprint density at radius 3 is 2.50 bits per heavy atom. The molecule has 3 fully saturated rings. The van der Waals surface area contributed by atoms with E-state index in [0.29, 0.717) is 11.3 Å². The molecule has 5 aliphatic carbocycles. The number of carbonyl (C=O) groups excluding carboxylic acids is 1. The Morgan fingerprint density at radius 2 is 1.77 bits per heavy atom. The second-order valence-electron chi connectivity index (χ2n) is 11.8. The first-order valence-corrected chi connectivity index (χ1v) is 11.7. The number of hydrogen-bond donors (Lipinski definition) is 1. The van der Waals surface area contributed by atoms with E-state index in [1.807, 2.05) is 6.92 Å². The highest BCUT2D eigenvalue weighted by Gasteiger charge is 2.65. The number of carbonyl (C=O) groups is 1. The van der Waals surface area contributed by atoms with Crippen molar-refractivity contribution in [3.63, 3.8) is 0 Å². The summed E-state index contributed by atoms with van der Waals surface area (Å²) >= 11 is 0. The van der Waals surface area contributed by atoms with Crippen LogP contribution in [0.1, 0.15) is 79.6 Å². The van der Waals surface area contributed by atoms with Crippen molar-refractivity contribution < 1.29 is 9.90 Å². The van der Waals surface area contributed by atoms with E-state index in [2.05, 4.69) is 46.4 Å². The highest BCUT2D eigenvalue weighted by molar-refractivity contribution is 6.06. The van der Waals surface area contributed by atoms with Crippen molar-refractivity contribution in [3.8, 4) is 0 Å². The zero-order valence-corrected chi connectivity index (χ0v) is 19.3. The first-order valence-electron chi connectivity index (χ1n) is 11.7. The highest BCUT2D eigenvalue weighted by atomic mass is 16.3. The lowest BCUT2D eigenvalue weighted by atomic mass is 9.35. The largest absolute Gasteiger partial charge is 0.504 e. The zero-order valence-electron chi connectivity index (χ0n) is 19.3. The Labute approximate surface area is 181 Å². The Balaban J connectivity index is 1.67. The molecular weight excluding hydrogens is 368 g/mol. The average molecular weight is 405 g/mol. The first-order chi connectivity index (χ1) is 14.0. The minimum atomic E-state index is -0.236. The lowest BCUT2D eigenvalue weighted by Crippen LogP contribution is -2.60. The summed E-state index contributed by atoms with van der Waals surface area (Å²) < 4.78 is 0. The van der Waals surface area contributed by atoms with Gasteiger partial charge >= 0.3 is 0 Å². The van der Waals surface area contributed by atoms with E-state index in [1.165, 1.54) is 49.7 Å². The number of allylic oxidation sites excluding steroid dienone is 8. The molecule has 160 valence electrons. The molecule has 3 saturated carbocycles. The minimum absolute atomic E-state index is 0.0912. The van der Waals surface area contributed by atoms with Crippen molar-refractivity contribution in [1.29, 1.82) is 0 Å². The van der Waals surface area contributed by atoms with E-state index < -0.39 is 0 Å². The van der Waals surface area contributed by atoms with Crippen molar-refractivity contribution in [2.24, 2.45) is 27.6 Å². The lowest BCUT2D eigenvalue weighted by Gasteiger charge is -2.69. The van der Waals surface area contributed by atoms with Gasteiger partial charge in [-0.1, -0.05) is 57.6 Å². The van der Waals surface area contributed by atoms with Crippen LogP contribution >= 0.6 is 0 Å². The van der Waals surface area contributed by atoms with E-state index in [4.69, 9.17) is 0 Å². The van der Waals surface area contributed by atoms with Gasteiger partial charge in [0.15, 0.2) is 5.76 Å². The number of aliphatic hydroxyl groups is 1. The van der Waals surface area contributed by atoms with Crippen molar-refractivity contribution in [3.05, 3.63) is 58.4 Å². The number of rotatable bonds is 0. The Morgan fingerprint density at radius 1 is 1.03 bits per heavy atom. The third-order valence-corrected chi connectivity index (χ3v) is 10.5. The molecule has 0 amide bonds. The van der Waals surface area contributed by atoms with Crippen molar-refractivity contribution in [2.45, 2.75) is 79.6 Å². The van der Waals surface area contributed by atoms with Crippen molar-refractivity contribution in [2.75, 3.05) is 0 Å². The van der Waals surface area contributed by atoms with Crippen LogP contribution in [-0.4, -0.2) is 10.9 Å². The third-order valence-electron chi connectivity index (χ3n) is 10.5. The molecule has 1 unspecified atom stereocenters. The summed E-state index contributed by atoms with van der Waals surface area (Å²) in [6, 6.07) is 0. The van der Waals surface area contributed by atoms with Crippen LogP contribution in [-0.2, 0) is 4.79 Å². The van der Waals surface area contributed by atoms with E-state index in [9.17, 15) is 9.90 Å². The minimum Gasteiger partial charge on any atom is -0.504 e. The van der Waals surface area contributed by atoms with Crippen LogP contribution in [0.3, 0.4) is 0 Å². The van der Waals surface area contributed by atoms with Crippen LogP contribution in [0.15, 0.2) is 58.4 Å². The molecule has 1 N–H and O–H groups in total. The van der Waals surface area contributed by atoms with Gasteiger partial charge in [-0.2, -0.15) is 0 Å². The number of hydrogen-bond acceptors (Lipinski definition) is 2. The van der Waals surface area contributed by atoms with E-state index in [-0.39, 0.29) is 27.8 Å². The molecule has 5 rings (SSSR count). The van der Waals surface area contributed by atoms with Crippen LogP contribution in [0.25, 0.3) is 0 Å². The van der Waals surface area contributed by atoms with E-state index in [0.717, 1.165) is 23.1 Å². The maximum atomic E-state index is 12.5. The summed E-state index contributed by atoms with van der Waals surface area (Å²) in [6.45, 7) is 16.2. The first kappa shape index (κ1) is 20.1. The molecule has 0 saturated heterocycles. The molecule has 0 heterocycles. The Hall–Kier alpha value is -1.83. The summed E-state index contributed by atoms with van der Waals surface area (Å²) in [5.41, 5.74) is 6.51. The van der Waals surface area contributed by atoms with Crippen LogP contribution in [0, 0.1) is 27.6 Å². The Bertz CT molecular complexity index is 1000. The zero-order chi connectivity index (χ0) is 21.7. The van der Waals surface area contributed by atoms with Gasteiger partial charge in [0.1, 0.15) is 0 Å². The molecule has 0 bridgehead atoms. The second kappa shape index (κ2) is 5.90. The van der Waals surface area contributed by atoms with Gasteiger partial charge in [-0.25, -0.2) is 0 Å². The molecule has 0 radical (unpaired) electrons. The van der Waals surface area contributed by atoms with Crippen LogP contribution < -0.4 is 0 Å². The fraction of sp³-hybridized carbons (Fsp3) is 0.607. The van der Waals surface area contributed by atoms with Crippen LogP contribution in [0.5, 0.6) is 0 Å². The molecule has 2 nitrogen and oxygen atoms in total. The maximum Gasteiger partial charge on any atom is 0.220 e. The summed E-state index contributed by atoms with van der Waals surface area (Å²) in [4.78, 5) is 12.5. The van der Waals surface area contributed by atoms with Gasteiger partial charge in [-0.05, 0) is 91.3 Å². The molecule has 0 aromatic carbocycles. The quantitative estimate of drug-likeness (QED) is 0.435. The topological polar surface area (TPSA) is 37.3 Å². The van der Waals surface area contributed by atoms with Gasteiger partial charge < -0.3 is 5.11 Å². The summed E-state index contributed by atoms with van der Waals surface area (Å²) in [5.74, 6) is 0.348. The molecule has 0 aromatic rings. The van der Waals surface area contributed by atoms with Crippen molar-refractivity contribution in [1.82, 2.24) is 0 Å². The van der Waals surface area contributed by atoms with E-state index in [1.54, 1.807) is 6.08 Å². The molecular formula is C28H36O2. The normalized spacial score (nSPS) is 45.5. The number of ketones is 1.